The fourth-order valence-electron chi connectivity index (χ4n) is 1.83. The summed E-state index contributed by atoms with van der Waals surface area (Å²) in [6, 6.07) is 3.83. The van der Waals surface area contributed by atoms with Crippen LogP contribution in [0, 0.1) is 20.8 Å². The Morgan fingerprint density at radius 3 is 2.39 bits per heavy atom. The zero-order valence-corrected chi connectivity index (χ0v) is 11.1. The molecule has 100 valence electrons. The summed E-state index contributed by atoms with van der Waals surface area (Å²) in [6.45, 7) is 6.06. The van der Waals surface area contributed by atoms with Gasteiger partial charge < -0.3 is 14.9 Å². The molecule has 0 spiro atoms. The van der Waals surface area contributed by atoms with Gasteiger partial charge in [-0.3, -0.25) is 0 Å². The van der Waals surface area contributed by atoms with E-state index < -0.39 is 12.1 Å². The van der Waals surface area contributed by atoms with E-state index in [2.05, 4.69) is 0 Å². The van der Waals surface area contributed by atoms with Gasteiger partial charge in [0, 0.05) is 6.61 Å². The van der Waals surface area contributed by atoms with E-state index in [9.17, 15) is 9.90 Å². The number of carboxylic acids is 1. The highest BCUT2D eigenvalue weighted by Gasteiger charge is 2.22. The van der Waals surface area contributed by atoms with Gasteiger partial charge in [-0.15, -0.1) is 0 Å². The van der Waals surface area contributed by atoms with Gasteiger partial charge in [-0.2, -0.15) is 0 Å². The molecule has 1 atom stereocenters. The normalized spacial score (nSPS) is 12.4. The Bertz CT molecular complexity index is 426. The Morgan fingerprint density at radius 1 is 1.22 bits per heavy atom. The summed E-state index contributed by atoms with van der Waals surface area (Å²) >= 11 is 0. The van der Waals surface area contributed by atoms with Crippen LogP contribution in [-0.4, -0.2) is 29.4 Å². The van der Waals surface area contributed by atoms with Gasteiger partial charge in [0.05, 0.1) is 6.61 Å². The van der Waals surface area contributed by atoms with Crippen molar-refractivity contribution in [1.29, 1.82) is 0 Å². The average molecular weight is 252 g/mol. The van der Waals surface area contributed by atoms with Gasteiger partial charge in [-0.05, 0) is 49.4 Å². The average Bonchev–Trinajstić information content (AvgIpc) is 2.30. The third kappa shape index (κ3) is 3.55. The van der Waals surface area contributed by atoms with Crippen molar-refractivity contribution in [2.45, 2.75) is 33.3 Å². The summed E-state index contributed by atoms with van der Waals surface area (Å²) in [4.78, 5) is 11.3. The van der Waals surface area contributed by atoms with Crippen LogP contribution in [0.3, 0.4) is 0 Å². The van der Waals surface area contributed by atoms with Gasteiger partial charge in [0.15, 0.2) is 6.10 Å². The summed E-state index contributed by atoms with van der Waals surface area (Å²) in [5.74, 6) is -1.00. The molecule has 0 saturated carbocycles. The van der Waals surface area contributed by atoms with Crippen LogP contribution >= 0.6 is 0 Å². The highest BCUT2D eigenvalue weighted by Crippen LogP contribution is 2.25. The molecule has 0 aliphatic rings. The number of rotatable bonds is 6. The standard InChI is InChI=1S/C14H20O4/c1-9-7-11(3)12(8-10(9)2)13(14(16)17)18-6-4-5-15/h7-8,13,15H,4-6H2,1-3H3,(H,16,17). The minimum Gasteiger partial charge on any atom is -0.479 e. The van der Waals surface area contributed by atoms with E-state index in [0.717, 1.165) is 16.7 Å². The van der Waals surface area contributed by atoms with E-state index in [1.807, 2.05) is 32.9 Å². The van der Waals surface area contributed by atoms with Crippen molar-refractivity contribution in [3.05, 3.63) is 34.4 Å². The second-order valence-electron chi connectivity index (χ2n) is 4.46. The second kappa shape index (κ2) is 6.52. The van der Waals surface area contributed by atoms with E-state index in [1.165, 1.54) is 0 Å². The molecule has 0 aliphatic heterocycles. The number of aryl methyl sites for hydroxylation is 3. The van der Waals surface area contributed by atoms with E-state index in [0.29, 0.717) is 12.0 Å². The van der Waals surface area contributed by atoms with Crippen molar-refractivity contribution < 1.29 is 19.7 Å². The molecule has 0 radical (unpaired) electrons. The minimum atomic E-state index is -1.00. The van der Waals surface area contributed by atoms with Crippen molar-refractivity contribution in [2.75, 3.05) is 13.2 Å². The molecular formula is C14H20O4. The molecule has 0 bridgehead atoms. The van der Waals surface area contributed by atoms with Crippen LogP contribution in [0.25, 0.3) is 0 Å². The van der Waals surface area contributed by atoms with Crippen LogP contribution < -0.4 is 0 Å². The van der Waals surface area contributed by atoms with Crippen LogP contribution in [0.4, 0.5) is 0 Å². The Labute approximate surface area is 107 Å². The van der Waals surface area contributed by atoms with Crippen molar-refractivity contribution in [1.82, 2.24) is 0 Å². The predicted molar refractivity (Wildman–Crippen MR) is 68.7 cm³/mol. The molecule has 1 unspecified atom stereocenters. The van der Waals surface area contributed by atoms with Crippen LogP contribution in [0.15, 0.2) is 12.1 Å². The van der Waals surface area contributed by atoms with Gasteiger partial charge >= 0.3 is 5.97 Å². The zero-order chi connectivity index (χ0) is 13.7. The fourth-order valence-corrected chi connectivity index (χ4v) is 1.83. The van der Waals surface area contributed by atoms with Crippen molar-refractivity contribution in [2.24, 2.45) is 0 Å². The van der Waals surface area contributed by atoms with Crippen molar-refractivity contribution >= 4 is 5.97 Å². The van der Waals surface area contributed by atoms with E-state index >= 15 is 0 Å². The molecule has 0 aliphatic carbocycles. The SMILES string of the molecule is Cc1cc(C)c(C(OCCCO)C(=O)O)cc1C. The largest absolute Gasteiger partial charge is 0.479 e. The molecule has 0 fully saturated rings. The van der Waals surface area contributed by atoms with Gasteiger partial charge in [-0.1, -0.05) is 12.1 Å². The number of carboxylic acid groups (broad SMARTS) is 1. The molecule has 18 heavy (non-hydrogen) atoms. The zero-order valence-electron chi connectivity index (χ0n) is 11.1. The lowest BCUT2D eigenvalue weighted by Crippen LogP contribution is -2.18. The molecule has 1 aromatic carbocycles. The number of benzene rings is 1. The molecule has 0 saturated heterocycles. The summed E-state index contributed by atoms with van der Waals surface area (Å²) < 4.78 is 5.35. The summed E-state index contributed by atoms with van der Waals surface area (Å²) in [5, 5.41) is 17.9. The molecular weight excluding hydrogens is 232 g/mol. The predicted octanol–water partition coefficient (Wildman–Crippen LogP) is 2.14. The van der Waals surface area contributed by atoms with Crippen molar-refractivity contribution in [3.8, 4) is 0 Å². The molecule has 2 N–H and O–H groups in total. The third-order valence-electron chi connectivity index (χ3n) is 2.98. The number of carbonyl (C=O) groups is 1. The lowest BCUT2D eigenvalue weighted by molar-refractivity contribution is -0.151. The topological polar surface area (TPSA) is 66.8 Å². The smallest absolute Gasteiger partial charge is 0.337 e. The van der Waals surface area contributed by atoms with E-state index in [1.54, 1.807) is 0 Å². The maximum Gasteiger partial charge on any atom is 0.337 e. The molecule has 1 rings (SSSR count). The van der Waals surface area contributed by atoms with Gasteiger partial charge in [-0.25, -0.2) is 4.79 Å². The summed E-state index contributed by atoms with van der Waals surface area (Å²) in [5.41, 5.74) is 3.78. The number of aliphatic carboxylic acids is 1. The molecule has 0 heterocycles. The first kappa shape index (κ1) is 14.7. The van der Waals surface area contributed by atoms with Gasteiger partial charge in [0.2, 0.25) is 0 Å². The van der Waals surface area contributed by atoms with Crippen LogP contribution in [-0.2, 0) is 9.53 Å². The molecule has 4 heteroatoms. The summed E-state index contributed by atoms with van der Waals surface area (Å²) in [6.07, 6.45) is -0.524. The molecule has 1 aromatic rings. The third-order valence-corrected chi connectivity index (χ3v) is 2.98. The minimum absolute atomic E-state index is 0.00174. The Balaban J connectivity index is 2.98. The van der Waals surface area contributed by atoms with E-state index in [-0.39, 0.29) is 13.2 Å². The molecule has 0 aromatic heterocycles. The maximum atomic E-state index is 11.3. The first-order valence-electron chi connectivity index (χ1n) is 6.00. The van der Waals surface area contributed by atoms with Gasteiger partial charge in [0.25, 0.3) is 0 Å². The Morgan fingerprint density at radius 2 is 1.83 bits per heavy atom. The molecule has 0 amide bonds. The highest BCUT2D eigenvalue weighted by atomic mass is 16.5. The van der Waals surface area contributed by atoms with E-state index in [4.69, 9.17) is 9.84 Å². The quantitative estimate of drug-likeness (QED) is 0.761. The first-order chi connectivity index (χ1) is 8.47. The lowest BCUT2D eigenvalue weighted by atomic mass is 9.97. The number of aliphatic hydroxyl groups is 1. The Hall–Kier alpha value is -1.39. The molecule has 4 nitrogen and oxygen atoms in total. The first-order valence-corrected chi connectivity index (χ1v) is 6.00. The number of hydrogen-bond acceptors (Lipinski definition) is 3. The summed E-state index contributed by atoms with van der Waals surface area (Å²) in [7, 11) is 0. The van der Waals surface area contributed by atoms with Gasteiger partial charge in [0.1, 0.15) is 0 Å². The number of hydrogen-bond donors (Lipinski definition) is 2. The monoisotopic (exact) mass is 252 g/mol. The van der Waals surface area contributed by atoms with Crippen LogP contribution in [0.2, 0.25) is 0 Å². The number of aliphatic hydroxyl groups excluding tert-OH is 1. The Kier molecular flexibility index (Phi) is 5.31. The van der Waals surface area contributed by atoms with Crippen molar-refractivity contribution in [3.63, 3.8) is 0 Å². The van der Waals surface area contributed by atoms with Crippen LogP contribution in [0.5, 0.6) is 0 Å². The lowest BCUT2D eigenvalue weighted by Gasteiger charge is -2.17. The second-order valence-corrected chi connectivity index (χ2v) is 4.46. The maximum absolute atomic E-state index is 11.3. The number of ether oxygens (including phenoxy) is 1. The van der Waals surface area contributed by atoms with Crippen LogP contribution in [0.1, 0.15) is 34.8 Å². The fraction of sp³-hybridized carbons (Fsp3) is 0.500. The highest BCUT2D eigenvalue weighted by molar-refractivity contribution is 5.75.